The zero-order valence-corrected chi connectivity index (χ0v) is 16.0. The number of hydrogen-bond acceptors (Lipinski definition) is 6. The van der Waals surface area contributed by atoms with Gasteiger partial charge in [0.2, 0.25) is 5.91 Å². The van der Waals surface area contributed by atoms with E-state index in [0.29, 0.717) is 41.9 Å². The predicted molar refractivity (Wildman–Crippen MR) is 101 cm³/mol. The summed E-state index contributed by atoms with van der Waals surface area (Å²) >= 11 is 0. The number of rotatable bonds is 10. The summed E-state index contributed by atoms with van der Waals surface area (Å²) in [6, 6.07) is 10.7. The summed E-state index contributed by atoms with van der Waals surface area (Å²) in [7, 11) is 6.28. The van der Waals surface area contributed by atoms with E-state index in [1.54, 1.807) is 58.8 Å². The van der Waals surface area contributed by atoms with E-state index < -0.39 is 0 Å². The van der Waals surface area contributed by atoms with Crippen LogP contribution < -0.4 is 29.0 Å². The van der Waals surface area contributed by atoms with Crippen molar-refractivity contribution in [2.24, 2.45) is 0 Å². The van der Waals surface area contributed by atoms with Gasteiger partial charge in [-0.2, -0.15) is 0 Å². The summed E-state index contributed by atoms with van der Waals surface area (Å²) in [5, 5.41) is 2.83. The van der Waals surface area contributed by atoms with Gasteiger partial charge < -0.3 is 29.0 Å². The van der Waals surface area contributed by atoms with Crippen molar-refractivity contribution in [2.75, 3.05) is 41.6 Å². The van der Waals surface area contributed by atoms with Crippen molar-refractivity contribution in [2.45, 2.75) is 6.42 Å². The van der Waals surface area contributed by atoms with E-state index in [1.807, 2.05) is 6.07 Å². The van der Waals surface area contributed by atoms with Crippen molar-refractivity contribution in [3.8, 4) is 28.7 Å². The average Bonchev–Trinajstić information content (AvgIpc) is 2.70. The first-order valence-electron chi connectivity index (χ1n) is 8.43. The minimum Gasteiger partial charge on any atom is -0.493 e. The van der Waals surface area contributed by atoms with Crippen LogP contribution in [0.25, 0.3) is 0 Å². The molecule has 0 aliphatic rings. The summed E-state index contributed by atoms with van der Waals surface area (Å²) < 4.78 is 26.5. The molecule has 0 fully saturated rings. The van der Waals surface area contributed by atoms with Gasteiger partial charge in [-0.05, 0) is 29.8 Å². The van der Waals surface area contributed by atoms with Gasteiger partial charge in [0, 0.05) is 6.07 Å². The molecule has 0 bridgehead atoms. The second-order valence-electron chi connectivity index (χ2n) is 5.58. The van der Waals surface area contributed by atoms with Gasteiger partial charge in [0.25, 0.3) is 0 Å². The number of amides is 1. The molecule has 1 N–H and O–H groups in total. The Labute approximate surface area is 159 Å². The average molecular weight is 375 g/mol. The Morgan fingerprint density at radius 1 is 0.815 bits per heavy atom. The highest BCUT2D eigenvalue weighted by molar-refractivity contribution is 5.78. The largest absolute Gasteiger partial charge is 0.493 e. The summed E-state index contributed by atoms with van der Waals surface area (Å²) in [5.41, 5.74) is 0.839. The molecule has 146 valence electrons. The Morgan fingerprint density at radius 2 is 1.41 bits per heavy atom. The zero-order valence-electron chi connectivity index (χ0n) is 16.0. The van der Waals surface area contributed by atoms with Crippen LogP contribution in [0.2, 0.25) is 0 Å². The normalized spacial score (nSPS) is 10.1. The quantitative estimate of drug-likeness (QED) is 0.643. The molecule has 0 heterocycles. The molecule has 0 unspecified atom stereocenters. The molecule has 0 aliphatic heterocycles. The maximum absolute atomic E-state index is 12.1. The number of ether oxygens (including phenoxy) is 5. The highest BCUT2D eigenvalue weighted by Crippen LogP contribution is 2.30. The van der Waals surface area contributed by atoms with E-state index in [2.05, 4.69) is 5.32 Å². The Hall–Kier alpha value is -3.09. The lowest BCUT2D eigenvalue weighted by atomic mass is 10.1. The van der Waals surface area contributed by atoms with Gasteiger partial charge in [0.15, 0.2) is 23.0 Å². The second kappa shape index (κ2) is 10.2. The molecule has 0 saturated heterocycles. The third-order valence-corrected chi connectivity index (χ3v) is 3.86. The highest BCUT2D eigenvalue weighted by atomic mass is 16.5. The van der Waals surface area contributed by atoms with Crippen LogP contribution in [0.1, 0.15) is 5.56 Å². The van der Waals surface area contributed by atoms with Crippen LogP contribution in [0.4, 0.5) is 0 Å². The fourth-order valence-corrected chi connectivity index (χ4v) is 2.50. The predicted octanol–water partition coefficient (Wildman–Crippen LogP) is 2.46. The fourth-order valence-electron chi connectivity index (χ4n) is 2.50. The first kappa shape index (κ1) is 20.2. The van der Waals surface area contributed by atoms with Crippen molar-refractivity contribution in [3.05, 3.63) is 42.0 Å². The molecule has 0 spiro atoms. The lowest BCUT2D eigenvalue weighted by Crippen LogP contribution is -2.29. The third kappa shape index (κ3) is 5.70. The van der Waals surface area contributed by atoms with Crippen LogP contribution in [0.15, 0.2) is 36.4 Å². The number of carbonyl (C=O) groups is 1. The molecule has 2 rings (SSSR count). The second-order valence-corrected chi connectivity index (χ2v) is 5.58. The van der Waals surface area contributed by atoms with Crippen LogP contribution in [0.5, 0.6) is 28.7 Å². The molecular weight excluding hydrogens is 350 g/mol. The van der Waals surface area contributed by atoms with Gasteiger partial charge in [-0.15, -0.1) is 0 Å². The van der Waals surface area contributed by atoms with Gasteiger partial charge in [-0.1, -0.05) is 6.07 Å². The van der Waals surface area contributed by atoms with Crippen molar-refractivity contribution >= 4 is 5.91 Å². The molecule has 0 radical (unpaired) electrons. The molecule has 1 amide bonds. The standard InChI is InChI=1S/C20H25NO6/c1-23-16-7-5-14(11-18(16)25-3)12-20(22)21-9-10-27-15-6-8-17(24-2)19(13-15)26-4/h5-8,11,13H,9-10,12H2,1-4H3,(H,21,22). The topological polar surface area (TPSA) is 75.3 Å². The first-order chi connectivity index (χ1) is 13.1. The number of benzene rings is 2. The Balaban J connectivity index is 1.79. The molecule has 0 aromatic heterocycles. The molecule has 0 saturated carbocycles. The van der Waals surface area contributed by atoms with Crippen LogP contribution >= 0.6 is 0 Å². The van der Waals surface area contributed by atoms with Gasteiger partial charge >= 0.3 is 0 Å². The van der Waals surface area contributed by atoms with E-state index >= 15 is 0 Å². The van der Waals surface area contributed by atoms with Gasteiger partial charge in [-0.3, -0.25) is 4.79 Å². The Bertz CT molecular complexity index is 762. The zero-order chi connectivity index (χ0) is 19.6. The maximum Gasteiger partial charge on any atom is 0.224 e. The molecular formula is C20H25NO6. The molecule has 2 aromatic rings. The molecule has 7 nitrogen and oxygen atoms in total. The fraction of sp³-hybridized carbons (Fsp3) is 0.350. The molecule has 27 heavy (non-hydrogen) atoms. The van der Waals surface area contributed by atoms with E-state index in [-0.39, 0.29) is 12.3 Å². The number of hydrogen-bond donors (Lipinski definition) is 1. The summed E-state index contributed by atoms with van der Waals surface area (Å²) in [4.78, 5) is 12.1. The maximum atomic E-state index is 12.1. The Kier molecular flexibility index (Phi) is 7.61. The smallest absolute Gasteiger partial charge is 0.224 e. The van der Waals surface area contributed by atoms with Gasteiger partial charge in [0.05, 0.1) is 41.4 Å². The molecule has 0 aliphatic carbocycles. The van der Waals surface area contributed by atoms with Gasteiger partial charge in [-0.25, -0.2) is 0 Å². The van der Waals surface area contributed by atoms with Crippen LogP contribution in [0, 0.1) is 0 Å². The van der Waals surface area contributed by atoms with Gasteiger partial charge in [0.1, 0.15) is 12.4 Å². The minimum atomic E-state index is -0.0990. The number of methoxy groups -OCH3 is 4. The number of carbonyl (C=O) groups excluding carboxylic acids is 1. The Morgan fingerprint density at radius 3 is 2.04 bits per heavy atom. The molecule has 2 aromatic carbocycles. The van der Waals surface area contributed by atoms with E-state index in [1.165, 1.54) is 0 Å². The summed E-state index contributed by atoms with van der Waals surface area (Å²) in [6.45, 7) is 0.730. The molecule has 0 atom stereocenters. The van der Waals surface area contributed by atoms with Crippen molar-refractivity contribution < 1.29 is 28.5 Å². The monoisotopic (exact) mass is 375 g/mol. The lowest BCUT2D eigenvalue weighted by molar-refractivity contribution is -0.120. The number of nitrogens with one attached hydrogen (secondary N) is 1. The SMILES string of the molecule is COc1ccc(CC(=O)NCCOc2ccc(OC)c(OC)c2)cc1OC. The minimum absolute atomic E-state index is 0.0990. The van der Waals surface area contributed by atoms with E-state index in [0.717, 1.165) is 5.56 Å². The van der Waals surface area contributed by atoms with Crippen molar-refractivity contribution in [1.82, 2.24) is 5.32 Å². The van der Waals surface area contributed by atoms with E-state index in [9.17, 15) is 4.79 Å². The highest BCUT2D eigenvalue weighted by Gasteiger charge is 2.09. The van der Waals surface area contributed by atoms with Crippen LogP contribution in [0.3, 0.4) is 0 Å². The summed E-state index contributed by atoms with van der Waals surface area (Å²) in [5.74, 6) is 2.99. The van der Waals surface area contributed by atoms with E-state index in [4.69, 9.17) is 23.7 Å². The lowest BCUT2D eigenvalue weighted by Gasteiger charge is -2.12. The van der Waals surface area contributed by atoms with Crippen LogP contribution in [-0.2, 0) is 11.2 Å². The third-order valence-electron chi connectivity index (χ3n) is 3.86. The molecule has 7 heteroatoms. The van der Waals surface area contributed by atoms with Crippen molar-refractivity contribution in [1.29, 1.82) is 0 Å². The van der Waals surface area contributed by atoms with Crippen LogP contribution in [-0.4, -0.2) is 47.5 Å². The van der Waals surface area contributed by atoms with Crippen molar-refractivity contribution in [3.63, 3.8) is 0 Å². The summed E-state index contributed by atoms with van der Waals surface area (Å²) in [6.07, 6.45) is 0.247. The first-order valence-corrected chi connectivity index (χ1v) is 8.43.